The van der Waals surface area contributed by atoms with E-state index in [1.165, 1.54) is 16.7 Å². The Balaban J connectivity index is 2.18. The molecule has 1 aliphatic rings. The topological polar surface area (TPSA) is 62.5 Å². The first-order valence-corrected chi connectivity index (χ1v) is 7.06. The summed E-state index contributed by atoms with van der Waals surface area (Å²) in [6, 6.07) is 7.37. The highest BCUT2D eigenvalue weighted by Crippen LogP contribution is 2.41. The largest absolute Gasteiger partial charge is 0.476 e. The fraction of sp³-hybridized carbons (Fsp3) is 0.0714. The number of nitrogens with zero attached hydrogens (tertiary/aromatic N) is 2. The number of aromatic nitrogens is 1. The molecule has 0 fully saturated rings. The maximum absolute atomic E-state index is 11.0. The molecule has 0 spiro atoms. The van der Waals surface area contributed by atoms with Crippen molar-refractivity contribution < 1.29 is 9.90 Å². The molecule has 3 rings (SSSR count). The van der Waals surface area contributed by atoms with Crippen molar-refractivity contribution in [3.05, 3.63) is 63.1 Å². The number of thiazole rings is 1. The number of halogens is 1. The Kier molecular flexibility index (Phi) is 3.16. The van der Waals surface area contributed by atoms with Gasteiger partial charge in [0.2, 0.25) is 0 Å². The number of aromatic carboxylic acids is 1. The minimum absolute atomic E-state index is 0.0203. The first-order chi connectivity index (χ1) is 9.63. The lowest BCUT2D eigenvalue weighted by Crippen LogP contribution is -2.21. The Morgan fingerprint density at radius 3 is 2.75 bits per heavy atom. The lowest BCUT2D eigenvalue weighted by molar-refractivity contribution is 0.0691. The molecule has 20 heavy (non-hydrogen) atoms. The summed E-state index contributed by atoms with van der Waals surface area (Å²) in [5, 5.41) is 11.7. The number of carboxylic acid groups (broad SMARTS) is 1. The molecule has 1 aromatic heterocycles. The van der Waals surface area contributed by atoms with Crippen LogP contribution in [-0.2, 0) is 5.54 Å². The summed E-state index contributed by atoms with van der Waals surface area (Å²) in [6.07, 6.45) is 5.36. The average Bonchev–Trinajstić information content (AvgIpc) is 3.09. The van der Waals surface area contributed by atoms with Gasteiger partial charge in [-0.1, -0.05) is 29.8 Å². The molecular weight excluding hydrogens is 296 g/mol. The number of allylic oxidation sites excluding steroid dienone is 1. The van der Waals surface area contributed by atoms with Crippen LogP contribution in [0.5, 0.6) is 0 Å². The molecule has 1 unspecified atom stereocenters. The molecule has 0 amide bonds. The zero-order chi connectivity index (χ0) is 14.2. The Hall–Kier alpha value is -1.98. The van der Waals surface area contributed by atoms with Crippen LogP contribution in [0.15, 0.2) is 46.8 Å². The molecule has 4 nitrogen and oxygen atoms in total. The summed E-state index contributed by atoms with van der Waals surface area (Å²) in [5.74, 6) is -1.05. The minimum atomic E-state index is -1.05. The van der Waals surface area contributed by atoms with Crippen LogP contribution in [0, 0.1) is 0 Å². The first kappa shape index (κ1) is 13.0. The van der Waals surface area contributed by atoms with E-state index in [0.29, 0.717) is 10.0 Å². The fourth-order valence-corrected chi connectivity index (χ4v) is 3.32. The van der Waals surface area contributed by atoms with Crippen LogP contribution in [-0.4, -0.2) is 22.3 Å². The van der Waals surface area contributed by atoms with E-state index in [9.17, 15) is 4.79 Å². The standard InChI is InChI=1S/C14H9ClN2O2S/c15-10-5-2-1-4-9(10)14(6-3-7-16-14)13-17-11(8-20-13)12(18)19/h1-8H,(H,18,19). The van der Waals surface area contributed by atoms with E-state index in [2.05, 4.69) is 9.98 Å². The van der Waals surface area contributed by atoms with Gasteiger partial charge in [0, 0.05) is 22.2 Å². The van der Waals surface area contributed by atoms with Gasteiger partial charge in [0.1, 0.15) is 5.01 Å². The van der Waals surface area contributed by atoms with Gasteiger partial charge in [0.25, 0.3) is 0 Å². The van der Waals surface area contributed by atoms with Crippen LogP contribution in [0.4, 0.5) is 0 Å². The van der Waals surface area contributed by atoms with E-state index >= 15 is 0 Å². The van der Waals surface area contributed by atoms with Crippen molar-refractivity contribution in [2.45, 2.75) is 5.54 Å². The van der Waals surface area contributed by atoms with Gasteiger partial charge in [-0.3, -0.25) is 4.99 Å². The highest BCUT2D eigenvalue weighted by atomic mass is 35.5. The Morgan fingerprint density at radius 1 is 1.35 bits per heavy atom. The molecular formula is C14H9ClN2O2S. The normalized spacial score (nSPS) is 20.4. The molecule has 100 valence electrons. The van der Waals surface area contributed by atoms with Crippen molar-refractivity contribution in [3.8, 4) is 0 Å². The van der Waals surface area contributed by atoms with E-state index in [-0.39, 0.29) is 5.69 Å². The van der Waals surface area contributed by atoms with Crippen molar-refractivity contribution >= 4 is 35.1 Å². The second-order valence-electron chi connectivity index (χ2n) is 4.23. The van der Waals surface area contributed by atoms with Crippen LogP contribution in [0.25, 0.3) is 0 Å². The molecule has 1 aliphatic heterocycles. The minimum Gasteiger partial charge on any atom is -0.476 e. The quantitative estimate of drug-likeness (QED) is 0.945. The third-order valence-electron chi connectivity index (χ3n) is 3.04. The summed E-state index contributed by atoms with van der Waals surface area (Å²) in [5.41, 5.74) is -0.0126. The van der Waals surface area contributed by atoms with Gasteiger partial charge in [-0.05, 0) is 18.2 Å². The number of carbonyl (C=O) groups is 1. The summed E-state index contributed by atoms with van der Waals surface area (Å²) in [7, 11) is 0. The van der Waals surface area contributed by atoms with E-state index in [0.717, 1.165) is 5.56 Å². The molecule has 1 aromatic carbocycles. The third-order valence-corrected chi connectivity index (χ3v) is 4.33. The molecule has 1 N–H and O–H groups in total. The first-order valence-electron chi connectivity index (χ1n) is 5.81. The van der Waals surface area contributed by atoms with Crippen molar-refractivity contribution in [2.24, 2.45) is 4.99 Å². The summed E-state index contributed by atoms with van der Waals surface area (Å²) < 4.78 is 0. The van der Waals surface area contributed by atoms with Crippen LogP contribution in [0.1, 0.15) is 21.1 Å². The average molecular weight is 305 g/mol. The molecule has 1 atom stereocenters. The van der Waals surface area contributed by atoms with Gasteiger partial charge in [0.05, 0.1) is 0 Å². The molecule has 6 heteroatoms. The maximum Gasteiger partial charge on any atom is 0.355 e. The van der Waals surface area contributed by atoms with Crippen molar-refractivity contribution in [1.82, 2.24) is 4.98 Å². The van der Waals surface area contributed by atoms with E-state index in [4.69, 9.17) is 16.7 Å². The van der Waals surface area contributed by atoms with E-state index < -0.39 is 11.5 Å². The lowest BCUT2D eigenvalue weighted by atomic mass is 9.91. The van der Waals surface area contributed by atoms with Crippen LogP contribution < -0.4 is 0 Å². The zero-order valence-electron chi connectivity index (χ0n) is 10.2. The highest BCUT2D eigenvalue weighted by Gasteiger charge is 2.37. The molecule has 0 saturated heterocycles. The van der Waals surface area contributed by atoms with Gasteiger partial charge >= 0.3 is 5.97 Å². The molecule has 0 bridgehead atoms. The smallest absolute Gasteiger partial charge is 0.355 e. The van der Waals surface area contributed by atoms with Gasteiger partial charge in [-0.15, -0.1) is 11.3 Å². The summed E-state index contributed by atoms with van der Waals surface area (Å²) in [6.45, 7) is 0. The number of hydrogen-bond donors (Lipinski definition) is 1. The number of carboxylic acids is 1. The molecule has 0 radical (unpaired) electrons. The predicted octanol–water partition coefficient (Wildman–Crippen LogP) is 3.38. The monoisotopic (exact) mass is 304 g/mol. The van der Waals surface area contributed by atoms with Gasteiger partial charge in [0.15, 0.2) is 11.2 Å². The maximum atomic E-state index is 11.0. The molecule has 0 saturated carbocycles. The predicted molar refractivity (Wildman–Crippen MR) is 78.9 cm³/mol. The third kappa shape index (κ3) is 1.95. The highest BCUT2D eigenvalue weighted by molar-refractivity contribution is 7.10. The Labute approximate surface area is 124 Å². The summed E-state index contributed by atoms with van der Waals surface area (Å²) in [4.78, 5) is 19.7. The Morgan fingerprint density at radius 2 is 2.15 bits per heavy atom. The molecule has 2 aromatic rings. The second kappa shape index (κ2) is 4.85. The second-order valence-corrected chi connectivity index (χ2v) is 5.49. The number of hydrogen-bond acceptors (Lipinski definition) is 4. The number of rotatable bonds is 3. The number of aliphatic imine (C=N–C) groups is 1. The van der Waals surface area contributed by atoms with Crippen molar-refractivity contribution in [1.29, 1.82) is 0 Å². The van der Waals surface area contributed by atoms with Gasteiger partial charge in [-0.25, -0.2) is 9.78 Å². The van der Waals surface area contributed by atoms with Crippen LogP contribution in [0.3, 0.4) is 0 Å². The van der Waals surface area contributed by atoms with Gasteiger partial charge < -0.3 is 5.11 Å². The van der Waals surface area contributed by atoms with Crippen LogP contribution in [0.2, 0.25) is 5.02 Å². The zero-order valence-corrected chi connectivity index (χ0v) is 11.7. The van der Waals surface area contributed by atoms with Gasteiger partial charge in [-0.2, -0.15) is 0 Å². The molecule has 2 heterocycles. The summed E-state index contributed by atoms with van der Waals surface area (Å²) >= 11 is 7.53. The van der Waals surface area contributed by atoms with E-state index in [1.807, 2.05) is 30.4 Å². The van der Waals surface area contributed by atoms with E-state index in [1.54, 1.807) is 12.3 Å². The number of benzene rings is 1. The Bertz CT molecular complexity index is 724. The van der Waals surface area contributed by atoms with Crippen LogP contribution >= 0.6 is 22.9 Å². The fourth-order valence-electron chi connectivity index (χ4n) is 2.10. The van der Waals surface area contributed by atoms with Crippen molar-refractivity contribution in [3.63, 3.8) is 0 Å². The lowest BCUT2D eigenvalue weighted by Gasteiger charge is -2.23. The molecule has 0 aliphatic carbocycles. The van der Waals surface area contributed by atoms with Crippen molar-refractivity contribution in [2.75, 3.05) is 0 Å². The SMILES string of the molecule is O=C(O)c1csc(C2(c3ccccc3Cl)C=CC=N2)n1.